The van der Waals surface area contributed by atoms with Gasteiger partial charge in [-0.05, 0) is 18.3 Å². The van der Waals surface area contributed by atoms with E-state index in [-0.39, 0.29) is 16.7 Å². The summed E-state index contributed by atoms with van der Waals surface area (Å²) in [5, 5.41) is 2.82. The molecule has 2 unspecified atom stereocenters. The second-order valence-corrected chi connectivity index (χ2v) is 5.80. The van der Waals surface area contributed by atoms with Crippen LogP contribution in [0.25, 0.3) is 0 Å². The number of halogens is 1. The quantitative estimate of drug-likeness (QED) is 0.724. The lowest BCUT2D eigenvalue weighted by Gasteiger charge is -2.26. The summed E-state index contributed by atoms with van der Waals surface area (Å²) < 4.78 is 0. The van der Waals surface area contributed by atoms with Gasteiger partial charge in [-0.25, -0.2) is 0 Å². The average Bonchev–Trinajstić information content (AvgIpc) is 1.99. The van der Waals surface area contributed by atoms with Gasteiger partial charge in [0, 0.05) is 18.3 Å². The Kier molecular flexibility index (Phi) is 5.50. The van der Waals surface area contributed by atoms with Gasteiger partial charge in [0.05, 0.1) is 0 Å². The summed E-state index contributed by atoms with van der Waals surface area (Å²) in [6, 6.07) is 0. The van der Waals surface area contributed by atoms with E-state index in [1.54, 1.807) is 0 Å². The van der Waals surface area contributed by atoms with Crippen LogP contribution in [0.4, 0.5) is 0 Å². The first-order valence-electron chi connectivity index (χ1n) is 5.14. The maximum Gasteiger partial charge on any atom is 0.220 e. The third kappa shape index (κ3) is 6.25. The highest BCUT2D eigenvalue weighted by molar-refractivity contribution is 6.20. The van der Waals surface area contributed by atoms with E-state index in [9.17, 15) is 4.79 Å². The molecule has 0 radical (unpaired) electrons. The minimum absolute atomic E-state index is 0.00360. The molecule has 0 aliphatic carbocycles. The Balaban J connectivity index is 3.84. The predicted octanol–water partition coefficient (Wildman–Crippen LogP) is 2.80. The summed E-state index contributed by atoms with van der Waals surface area (Å²) in [5.41, 5.74) is 0.184. The van der Waals surface area contributed by atoms with Gasteiger partial charge in [0.2, 0.25) is 5.91 Å². The lowest BCUT2D eigenvalue weighted by atomic mass is 9.80. The lowest BCUT2D eigenvalue weighted by Crippen LogP contribution is -2.32. The summed E-state index contributed by atoms with van der Waals surface area (Å²) in [5.74, 6) is 0.480. The normalized spacial score (nSPS) is 16.1. The van der Waals surface area contributed by atoms with Gasteiger partial charge in [-0.3, -0.25) is 4.79 Å². The number of amides is 1. The molecular weight excluding hydrogens is 198 g/mol. The largest absolute Gasteiger partial charge is 0.355 e. The maximum absolute atomic E-state index is 11.4. The third-order valence-corrected chi connectivity index (χ3v) is 2.70. The fraction of sp³-hybridized carbons (Fsp3) is 0.909. The number of nitrogens with one attached hydrogen (secondary N) is 1. The average molecular weight is 220 g/mol. The van der Waals surface area contributed by atoms with Crippen LogP contribution in [0, 0.1) is 11.3 Å². The van der Waals surface area contributed by atoms with Gasteiger partial charge in [-0.15, -0.1) is 11.6 Å². The molecule has 2 nitrogen and oxygen atoms in total. The van der Waals surface area contributed by atoms with Gasteiger partial charge in [0.25, 0.3) is 0 Å². The van der Waals surface area contributed by atoms with Crippen molar-refractivity contribution in [2.45, 2.75) is 46.4 Å². The van der Waals surface area contributed by atoms with Gasteiger partial charge in [0.1, 0.15) is 0 Å². The molecule has 0 aromatic rings. The zero-order valence-electron chi connectivity index (χ0n) is 9.86. The van der Waals surface area contributed by atoms with Crippen LogP contribution in [0.1, 0.15) is 41.0 Å². The molecule has 0 fully saturated rings. The highest BCUT2D eigenvalue weighted by Crippen LogP contribution is 2.27. The summed E-state index contributed by atoms with van der Waals surface area (Å²) in [6.45, 7) is 11.0. The van der Waals surface area contributed by atoms with Crippen molar-refractivity contribution in [3.63, 3.8) is 0 Å². The molecular formula is C11H22ClNO. The van der Waals surface area contributed by atoms with Crippen LogP contribution in [0.2, 0.25) is 0 Å². The summed E-state index contributed by atoms with van der Waals surface area (Å²) in [4.78, 5) is 11.4. The highest BCUT2D eigenvalue weighted by atomic mass is 35.5. The van der Waals surface area contributed by atoms with Crippen molar-refractivity contribution >= 4 is 17.5 Å². The predicted molar refractivity (Wildman–Crippen MR) is 61.6 cm³/mol. The zero-order valence-corrected chi connectivity index (χ0v) is 10.6. The topological polar surface area (TPSA) is 29.1 Å². The van der Waals surface area contributed by atoms with E-state index in [4.69, 9.17) is 11.6 Å². The van der Waals surface area contributed by atoms with Crippen LogP contribution in [0.5, 0.6) is 0 Å². The van der Waals surface area contributed by atoms with Crippen LogP contribution in [-0.2, 0) is 4.79 Å². The monoisotopic (exact) mass is 219 g/mol. The Bertz CT molecular complexity index is 184. The van der Waals surface area contributed by atoms with E-state index in [0.29, 0.717) is 18.9 Å². The Morgan fingerprint density at radius 3 is 2.21 bits per heavy atom. The summed E-state index contributed by atoms with van der Waals surface area (Å²) >= 11 is 5.73. The molecule has 14 heavy (non-hydrogen) atoms. The fourth-order valence-corrected chi connectivity index (χ4v) is 0.988. The van der Waals surface area contributed by atoms with Crippen LogP contribution >= 0.6 is 11.6 Å². The molecule has 0 aliphatic rings. The van der Waals surface area contributed by atoms with Crippen LogP contribution < -0.4 is 5.32 Å². The molecule has 0 heterocycles. The van der Waals surface area contributed by atoms with E-state index < -0.39 is 0 Å². The fourth-order valence-electron chi connectivity index (χ4n) is 0.911. The zero-order chi connectivity index (χ0) is 11.4. The second kappa shape index (κ2) is 5.59. The van der Waals surface area contributed by atoms with Gasteiger partial charge >= 0.3 is 0 Å². The minimum atomic E-state index is 0.00360. The van der Waals surface area contributed by atoms with Crippen molar-refractivity contribution in [1.82, 2.24) is 5.32 Å². The number of alkyl halides is 1. The Morgan fingerprint density at radius 2 is 1.86 bits per heavy atom. The molecule has 0 bridgehead atoms. The molecule has 0 aromatic carbocycles. The first-order chi connectivity index (χ1) is 6.23. The minimum Gasteiger partial charge on any atom is -0.355 e. The van der Waals surface area contributed by atoms with E-state index in [1.165, 1.54) is 0 Å². The van der Waals surface area contributed by atoms with Crippen molar-refractivity contribution in [2.24, 2.45) is 11.3 Å². The maximum atomic E-state index is 11.4. The number of hydrogen-bond donors (Lipinski definition) is 1. The standard InChI is InChI=1S/C11H22ClNO/c1-8(11(3,4)5)6-10(14)13-7-9(2)12/h8-9H,6-7H2,1-5H3,(H,13,14). The molecule has 0 spiro atoms. The highest BCUT2D eigenvalue weighted by Gasteiger charge is 2.22. The molecule has 0 saturated carbocycles. The molecule has 0 rings (SSSR count). The third-order valence-electron chi connectivity index (χ3n) is 2.55. The van der Waals surface area contributed by atoms with Gasteiger partial charge in [-0.1, -0.05) is 27.7 Å². The van der Waals surface area contributed by atoms with E-state index >= 15 is 0 Å². The Morgan fingerprint density at radius 1 is 1.36 bits per heavy atom. The van der Waals surface area contributed by atoms with Crippen LogP contribution in [-0.4, -0.2) is 17.8 Å². The molecule has 0 aliphatic heterocycles. The molecule has 0 aromatic heterocycles. The van der Waals surface area contributed by atoms with E-state index in [1.807, 2.05) is 6.92 Å². The van der Waals surface area contributed by atoms with Crippen molar-refractivity contribution in [3.8, 4) is 0 Å². The van der Waals surface area contributed by atoms with Crippen molar-refractivity contribution in [1.29, 1.82) is 0 Å². The van der Waals surface area contributed by atoms with Crippen LogP contribution in [0.3, 0.4) is 0 Å². The van der Waals surface area contributed by atoms with Crippen molar-refractivity contribution < 1.29 is 4.79 Å². The molecule has 1 amide bonds. The SMILES string of the molecule is CC(Cl)CNC(=O)CC(C)C(C)(C)C. The second-order valence-electron chi connectivity index (χ2n) is 5.06. The van der Waals surface area contributed by atoms with Gasteiger partial charge < -0.3 is 5.32 Å². The van der Waals surface area contributed by atoms with Crippen molar-refractivity contribution in [3.05, 3.63) is 0 Å². The van der Waals surface area contributed by atoms with E-state index in [2.05, 4.69) is 33.0 Å². The van der Waals surface area contributed by atoms with Crippen LogP contribution in [0.15, 0.2) is 0 Å². The molecule has 0 saturated heterocycles. The molecule has 84 valence electrons. The van der Waals surface area contributed by atoms with Gasteiger partial charge in [-0.2, -0.15) is 0 Å². The number of carbonyl (C=O) groups is 1. The molecule has 3 heteroatoms. The summed E-state index contributed by atoms with van der Waals surface area (Å²) in [6.07, 6.45) is 0.576. The number of rotatable bonds is 4. The Labute approximate surface area is 92.4 Å². The van der Waals surface area contributed by atoms with Crippen molar-refractivity contribution in [2.75, 3.05) is 6.54 Å². The first-order valence-corrected chi connectivity index (χ1v) is 5.58. The summed E-state index contributed by atoms with van der Waals surface area (Å²) in [7, 11) is 0. The lowest BCUT2D eigenvalue weighted by molar-refractivity contribution is -0.122. The first kappa shape index (κ1) is 13.8. The molecule has 2 atom stereocenters. The van der Waals surface area contributed by atoms with Gasteiger partial charge in [0.15, 0.2) is 0 Å². The Hall–Kier alpha value is -0.240. The smallest absolute Gasteiger partial charge is 0.220 e. The number of carbonyl (C=O) groups excluding carboxylic acids is 1. The molecule has 1 N–H and O–H groups in total. The number of hydrogen-bond acceptors (Lipinski definition) is 1. The van der Waals surface area contributed by atoms with E-state index in [0.717, 1.165) is 0 Å².